The van der Waals surface area contributed by atoms with Gasteiger partial charge in [0.25, 0.3) is 0 Å². The predicted molar refractivity (Wildman–Crippen MR) is 171 cm³/mol. The van der Waals surface area contributed by atoms with Crippen LogP contribution in [0, 0.1) is 0 Å². The van der Waals surface area contributed by atoms with Crippen LogP contribution in [0.25, 0.3) is 43.1 Å². The number of halogens is 3. The lowest BCUT2D eigenvalue weighted by Crippen LogP contribution is -2.16. The van der Waals surface area contributed by atoms with Crippen LogP contribution in [0.5, 0.6) is 11.5 Å². The van der Waals surface area contributed by atoms with Gasteiger partial charge in [0.2, 0.25) is 11.8 Å². The van der Waals surface area contributed by atoms with E-state index in [4.69, 9.17) is 1.37 Å². The number of phenolic OH excluding ortho intramolecular Hbond substituents is 2. The van der Waals surface area contributed by atoms with E-state index in [1.54, 1.807) is 0 Å². The molecule has 7 rings (SSSR count). The summed E-state index contributed by atoms with van der Waals surface area (Å²) in [7, 11) is -1.00. The molecule has 208 valence electrons. The van der Waals surface area contributed by atoms with E-state index >= 15 is 0 Å². The Morgan fingerprint density at radius 1 is 0.683 bits per heavy atom. The van der Waals surface area contributed by atoms with Crippen molar-refractivity contribution in [2.24, 2.45) is 0 Å². The number of phenols is 2. The third kappa shape index (κ3) is 6.34. The Labute approximate surface area is 254 Å². The highest BCUT2D eigenvalue weighted by molar-refractivity contribution is 9.10. The van der Waals surface area contributed by atoms with Gasteiger partial charge in [-0.3, -0.25) is 14.0 Å². The first-order valence-corrected chi connectivity index (χ1v) is 14.0. The maximum atomic E-state index is 10.4. The molecule has 0 unspecified atom stereocenters. The summed E-state index contributed by atoms with van der Waals surface area (Å²) < 4.78 is 17.2. The quantitative estimate of drug-likeness (QED) is 0.0953. The minimum absolute atomic E-state index is 0.144. The van der Waals surface area contributed by atoms with Gasteiger partial charge < -0.3 is 10.2 Å². The van der Waals surface area contributed by atoms with Crippen LogP contribution < -0.4 is 0 Å². The number of benzene rings is 6. The standard InChI is InChI=1S/C14H9BrO.C14H10O.C4H4BrNO2.CH3F/c15-13-11-7-3-1-5-9(11)10-6-2-4-8-12(10)14(13)16;15-14-9-10-5-1-2-6-11(10)12-7-3-4-8-13(12)14;5-6-3(7)1-2-4(6)8;1-2/h1-8,16H;1-9,15H;1-2H2;1H3/i;;;1D. The minimum atomic E-state index is -1.00. The highest BCUT2D eigenvalue weighted by Gasteiger charge is 2.26. The molecule has 5 nitrogen and oxygen atoms in total. The Morgan fingerprint density at radius 2 is 1.07 bits per heavy atom. The molecule has 41 heavy (non-hydrogen) atoms. The first kappa shape index (κ1) is 28.5. The van der Waals surface area contributed by atoms with Crippen LogP contribution in [0.2, 0.25) is 0 Å². The molecule has 0 bridgehead atoms. The monoisotopic (exact) mass is 678 g/mol. The van der Waals surface area contributed by atoms with E-state index < -0.39 is 7.15 Å². The summed E-state index contributed by atoms with van der Waals surface area (Å²) >= 11 is 6.26. The zero-order chi connectivity index (χ0) is 30.2. The van der Waals surface area contributed by atoms with Crippen LogP contribution in [0.3, 0.4) is 0 Å². The Hall–Kier alpha value is -4.01. The van der Waals surface area contributed by atoms with Crippen LogP contribution in [0.1, 0.15) is 14.2 Å². The summed E-state index contributed by atoms with van der Waals surface area (Å²) in [5.41, 5.74) is 0. The van der Waals surface area contributed by atoms with Crippen molar-refractivity contribution in [1.29, 1.82) is 0 Å². The number of imide groups is 1. The highest BCUT2D eigenvalue weighted by Crippen LogP contribution is 2.40. The second-order valence-electron chi connectivity index (χ2n) is 8.98. The highest BCUT2D eigenvalue weighted by atomic mass is 79.9. The SMILES string of the molecule is O=C1CCC(=O)N1Br.Oc1c(Br)c2ccccc2c2ccccc12.Oc1cc2ccccc2c2ccccc12.[2H]CF. The van der Waals surface area contributed by atoms with Gasteiger partial charge in [-0.15, -0.1) is 0 Å². The number of aromatic hydroxyl groups is 2. The number of alkyl halides is 1. The van der Waals surface area contributed by atoms with E-state index in [1.165, 1.54) is 5.39 Å². The van der Waals surface area contributed by atoms with Crippen molar-refractivity contribution in [3.8, 4) is 11.5 Å². The molecule has 1 aliphatic heterocycles. The van der Waals surface area contributed by atoms with E-state index in [0.717, 1.165) is 46.1 Å². The molecule has 1 aliphatic rings. The summed E-state index contributed by atoms with van der Waals surface area (Å²) in [6.45, 7) is 0. The second-order valence-corrected chi connectivity index (χ2v) is 10.5. The zero-order valence-electron chi connectivity index (χ0n) is 22.7. The third-order valence-electron chi connectivity index (χ3n) is 6.58. The summed E-state index contributed by atoms with van der Waals surface area (Å²) in [5, 5.41) is 28.4. The second kappa shape index (κ2) is 13.6. The van der Waals surface area contributed by atoms with Crippen molar-refractivity contribution in [2.45, 2.75) is 12.8 Å². The van der Waals surface area contributed by atoms with Crippen molar-refractivity contribution in [2.75, 3.05) is 7.15 Å². The average Bonchev–Trinajstić information content (AvgIpc) is 3.32. The number of carbonyl (C=O) groups excluding carboxylic acids is 2. The molecule has 0 saturated carbocycles. The molecule has 0 spiro atoms. The van der Waals surface area contributed by atoms with Gasteiger partial charge >= 0.3 is 0 Å². The van der Waals surface area contributed by atoms with Gasteiger partial charge in [-0.05, 0) is 48.9 Å². The van der Waals surface area contributed by atoms with Gasteiger partial charge in [-0.1, -0.05) is 97.1 Å². The van der Waals surface area contributed by atoms with Crippen LogP contribution in [-0.4, -0.2) is 33.1 Å². The van der Waals surface area contributed by atoms with Gasteiger partial charge in [0.15, 0.2) is 0 Å². The van der Waals surface area contributed by atoms with Gasteiger partial charge in [0.1, 0.15) is 11.5 Å². The van der Waals surface area contributed by atoms with E-state index in [2.05, 4.69) is 44.2 Å². The molecule has 0 radical (unpaired) electrons. The Bertz CT molecular complexity index is 1820. The first-order valence-electron chi connectivity index (χ1n) is 13.2. The molecule has 0 aliphatic carbocycles. The number of fused-ring (bicyclic) bond motifs is 6. The number of hydrogen-bond donors (Lipinski definition) is 2. The minimum Gasteiger partial charge on any atom is -0.507 e. The van der Waals surface area contributed by atoms with Crippen LogP contribution >= 0.6 is 32.1 Å². The van der Waals surface area contributed by atoms with Crippen LogP contribution in [-0.2, 0) is 9.59 Å². The molecule has 2 N–H and O–H groups in total. The van der Waals surface area contributed by atoms with Crippen LogP contribution in [0.15, 0.2) is 108 Å². The molecule has 6 aromatic carbocycles. The molecule has 1 fully saturated rings. The fourth-order valence-corrected chi connectivity index (χ4v) is 5.58. The van der Waals surface area contributed by atoms with Gasteiger partial charge in [0.05, 0.1) is 29.1 Å². The van der Waals surface area contributed by atoms with Crippen LogP contribution in [0.4, 0.5) is 4.39 Å². The van der Waals surface area contributed by atoms with Gasteiger partial charge in [0, 0.05) is 29.0 Å². The summed E-state index contributed by atoms with van der Waals surface area (Å²) in [6, 6.07) is 33.8. The number of amides is 2. The molecule has 1 saturated heterocycles. The molecular weight excluding hydrogens is 653 g/mol. The molecule has 1 heterocycles. The molecule has 0 aromatic heterocycles. The number of hydrogen-bond acceptors (Lipinski definition) is 4. The lowest BCUT2D eigenvalue weighted by Gasteiger charge is -2.08. The zero-order valence-corrected chi connectivity index (χ0v) is 24.9. The van der Waals surface area contributed by atoms with Crippen molar-refractivity contribution < 1.29 is 25.6 Å². The molecular formula is C33H26Br2FNO4. The largest absolute Gasteiger partial charge is 0.507 e. The van der Waals surface area contributed by atoms with Crippen molar-refractivity contribution >= 4 is 87.0 Å². The van der Waals surface area contributed by atoms with E-state index in [9.17, 15) is 24.2 Å². The first-order chi connectivity index (χ1) is 20.3. The Kier molecular flexibility index (Phi) is 9.44. The predicted octanol–water partition coefficient (Wildman–Crippen LogP) is 9.19. The maximum Gasteiger partial charge on any atom is 0.239 e. The lowest BCUT2D eigenvalue weighted by molar-refractivity contribution is -0.131. The normalized spacial score (nSPS) is 12.8. The Morgan fingerprint density at radius 3 is 1.59 bits per heavy atom. The van der Waals surface area contributed by atoms with Gasteiger partial charge in [-0.25, -0.2) is 3.93 Å². The lowest BCUT2D eigenvalue weighted by atomic mass is 10.0. The van der Waals surface area contributed by atoms with E-state index in [1.807, 2.05) is 91.0 Å². The summed E-state index contributed by atoms with van der Waals surface area (Å²) in [6.07, 6.45) is 0.703. The summed E-state index contributed by atoms with van der Waals surface area (Å²) in [4.78, 5) is 20.9. The molecule has 0 atom stereocenters. The van der Waals surface area contributed by atoms with Gasteiger partial charge in [-0.2, -0.15) is 0 Å². The number of nitrogens with zero attached hydrogens (tertiary/aromatic N) is 1. The van der Waals surface area contributed by atoms with E-state index in [-0.39, 0.29) is 11.8 Å². The fraction of sp³-hybridized carbons (Fsp3) is 0.0909. The van der Waals surface area contributed by atoms with E-state index in [0.29, 0.717) is 24.3 Å². The third-order valence-corrected chi connectivity index (χ3v) is 8.17. The van der Waals surface area contributed by atoms with Crippen molar-refractivity contribution in [1.82, 2.24) is 3.93 Å². The van der Waals surface area contributed by atoms with Crippen molar-refractivity contribution in [3.63, 3.8) is 0 Å². The average molecular weight is 680 g/mol. The smallest absolute Gasteiger partial charge is 0.239 e. The fourth-order valence-electron chi connectivity index (χ4n) is 4.66. The topological polar surface area (TPSA) is 77.8 Å². The number of carbonyl (C=O) groups is 2. The summed E-state index contributed by atoms with van der Waals surface area (Å²) in [5.74, 6) is 0.378. The number of rotatable bonds is 0. The Balaban J connectivity index is 0.000000145. The maximum absolute atomic E-state index is 10.4. The molecule has 6 aromatic rings. The molecule has 2 amide bonds. The van der Waals surface area contributed by atoms with Crippen molar-refractivity contribution in [3.05, 3.63) is 108 Å². The molecule has 8 heteroatoms.